The summed E-state index contributed by atoms with van der Waals surface area (Å²) in [4.78, 5) is 121. The number of nitrogens with zero attached hydrogens (tertiary/aromatic N) is 6. The maximum absolute atomic E-state index is 15.0. The zero-order chi connectivity index (χ0) is 58.4. The first-order chi connectivity index (χ1) is 37.2. The quantitative estimate of drug-likeness (QED) is 0.107. The van der Waals surface area contributed by atoms with Crippen LogP contribution in [0.15, 0.2) is 66.9 Å². The summed E-state index contributed by atoms with van der Waals surface area (Å²) in [5.74, 6) is -6.76. The van der Waals surface area contributed by atoms with E-state index in [1.54, 1.807) is 30.3 Å². The van der Waals surface area contributed by atoms with Crippen LogP contribution >= 0.6 is 0 Å². The van der Waals surface area contributed by atoms with Crippen molar-refractivity contribution in [1.29, 1.82) is 0 Å². The van der Waals surface area contributed by atoms with E-state index in [1.807, 2.05) is 90.5 Å². The van der Waals surface area contributed by atoms with Crippen molar-refractivity contribution in [3.63, 3.8) is 0 Å². The zero-order valence-electron chi connectivity index (χ0n) is 49.2. The van der Waals surface area contributed by atoms with E-state index < -0.39 is 96.1 Å². The molecule has 5 rings (SSSR count). The number of cyclic esters (lactones) is 4. The first-order valence-electron chi connectivity index (χ1n) is 28.3. The van der Waals surface area contributed by atoms with Gasteiger partial charge in [-0.3, -0.25) is 23.9 Å². The molecule has 8 atom stereocenters. The third kappa shape index (κ3) is 17.7. The fourth-order valence-corrected chi connectivity index (χ4v) is 10.4. The van der Waals surface area contributed by atoms with Gasteiger partial charge in [0, 0.05) is 53.1 Å². The highest BCUT2D eigenvalue weighted by Gasteiger charge is 2.43. The molecule has 79 heavy (non-hydrogen) atoms. The summed E-state index contributed by atoms with van der Waals surface area (Å²) in [7, 11) is 5.60. The first-order valence-corrected chi connectivity index (χ1v) is 28.3. The summed E-state index contributed by atoms with van der Waals surface area (Å²) in [6.07, 6.45) is 0.925. The Labute approximate surface area is 468 Å². The van der Waals surface area contributed by atoms with Gasteiger partial charge in [-0.25, -0.2) is 19.2 Å². The number of amides is 4. The fraction of sp³-hybridized carbons (Fsp3) is 0.623. The third-order valence-corrected chi connectivity index (χ3v) is 15.0. The highest BCUT2D eigenvalue weighted by atomic mass is 16.6. The molecule has 434 valence electrons. The largest absolute Gasteiger partial charge is 0.451 e. The molecule has 0 radical (unpaired) electrons. The molecule has 3 aromatic rings. The van der Waals surface area contributed by atoms with Crippen LogP contribution in [0, 0.1) is 23.7 Å². The molecule has 4 amide bonds. The summed E-state index contributed by atoms with van der Waals surface area (Å²) in [5, 5.41) is 4.85. The first kappa shape index (κ1) is 63.2. The molecule has 2 heterocycles. The molecule has 2 aliphatic rings. The van der Waals surface area contributed by atoms with E-state index in [0.29, 0.717) is 23.6 Å². The summed E-state index contributed by atoms with van der Waals surface area (Å²) in [5.41, 5.74) is 3.33. The predicted octanol–water partition coefficient (Wildman–Crippen LogP) is 7.57. The second-order valence-electron chi connectivity index (χ2n) is 23.5. The van der Waals surface area contributed by atoms with Crippen LogP contribution in [0.1, 0.15) is 149 Å². The van der Waals surface area contributed by atoms with Gasteiger partial charge in [-0.05, 0) is 98.8 Å². The van der Waals surface area contributed by atoms with Gasteiger partial charge in [-0.15, -0.1) is 0 Å². The lowest BCUT2D eigenvalue weighted by Gasteiger charge is -2.35. The second kappa shape index (κ2) is 29.0. The smallest absolute Gasteiger partial charge is 0.329 e. The van der Waals surface area contributed by atoms with E-state index >= 15 is 4.79 Å². The third-order valence-electron chi connectivity index (χ3n) is 15.0. The van der Waals surface area contributed by atoms with Crippen LogP contribution in [0.3, 0.4) is 0 Å². The van der Waals surface area contributed by atoms with E-state index in [1.165, 1.54) is 59.8 Å². The lowest BCUT2D eigenvalue weighted by Crippen LogP contribution is -2.55. The van der Waals surface area contributed by atoms with Crippen molar-refractivity contribution in [2.24, 2.45) is 23.7 Å². The number of hydrogen-bond acceptors (Lipinski definition) is 13. The molecule has 0 bridgehead atoms. The number of carbonyl (C=O) groups excluding carboxylic acids is 8. The maximum Gasteiger partial charge on any atom is 0.329 e. The number of rotatable bonds is 15. The van der Waals surface area contributed by atoms with Gasteiger partial charge in [-0.2, -0.15) is 5.10 Å². The van der Waals surface area contributed by atoms with Crippen LogP contribution < -0.4 is 0 Å². The minimum absolute atomic E-state index is 0.0867. The van der Waals surface area contributed by atoms with Gasteiger partial charge < -0.3 is 38.5 Å². The SMILES string of the molecule is CC(C)C[C@H]1C(=O)O[C@H](Cc2ccc(Cn3ccc(C4CCCC4)n3)cc2)C(=O)N(C)[C@@H](CC(C)C)C(=O)O[C@H](C)C(=O)N(C)[C@@H](CC(C)C)C(=O)O[C@H](Cc2ccccc2)C(=O)N(C)[C@@H](CC(C)C)C(=O)O[C@H](C)C(=O)N1C. The van der Waals surface area contributed by atoms with Gasteiger partial charge in [0.15, 0.2) is 24.4 Å². The number of aromatic nitrogens is 2. The van der Waals surface area contributed by atoms with Gasteiger partial charge >= 0.3 is 23.9 Å². The van der Waals surface area contributed by atoms with Gasteiger partial charge in [-0.1, -0.05) is 123 Å². The minimum Gasteiger partial charge on any atom is -0.451 e. The molecule has 18 nitrogen and oxygen atoms in total. The molecule has 1 aromatic heterocycles. The van der Waals surface area contributed by atoms with E-state index in [-0.39, 0.29) is 62.2 Å². The lowest BCUT2D eigenvalue weighted by atomic mass is 9.99. The molecular weight excluding hydrogens is 1010 g/mol. The standard InChI is InChI=1S/C61H88N6O12/c1-37(2)30-48-58(72)76-42(10)55(69)64(12)51(33-40(7)8)61(75)79-53(35-44-24-26-45(27-25-44)36-67-29-28-47(62-67)46-22-18-19-23-46)57(71)66(14)49(31-38(3)4)59(73)77-41(9)54(68)63(11)50(32-39(5)6)60(74)78-52(56(70)65(48)13)34-43-20-16-15-17-21-43/h15-17,20-21,24-29,37-42,46,48-53H,18-19,22-23,30-36H2,1-14H3/t41-,42-,48+,49+,50+,51+,52-,53-/m1/s1. The molecule has 0 unspecified atom stereocenters. The number of carbonyl (C=O) groups is 8. The molecule has 18 heteroatoms. The number of esters is 4. The van der Waals surface area contributed by atoms with Crippen molar-refractivity contribution >= 4 is 47.5 Å². The molecule has 1 aliphatic heterocycles. The van der Waals surface area contributed by atoms with Gasteiger partial charge in [0.25, 0.3) is 23.6 Å². The Kier molecular flexibility index (Phi) is 23.2. The summed E-state index contributed by atoms with van der Waals surface area (Å²) >= 11 is 0. The maximum atomic E-state index is 15.0. The molecule has 2 aromatic carbocycles. The van der Waals surface area contributed by atoms with Gasteiger partial charge in [0.1, 0.15) is 24.2 Å². The molecule has 2 fully saturated rings. The number of ether oxygens (including phenoxy) is 4. The highest BCUT2D eigenvalue weighted by molar-refractivity contribution is 5.94. The van der Waals surface area contributed by atoms with Crippen LogP contribution in [0.25, 0.3) is 0 Å². The summed E-state index contributed by atoms with van der Waals surface area (Å²) in [6, 6.07) is 13.4. The Morgan fingerprint density at radius 2 is 0.797 bits per heavy atom. The number of hydrogen-bond donors (Lipinski definition) is 0. The molecule has 0 N–H and O–H groups in total. The van der Waals surface area contributed by atoms with Crippen molar-refractivity contribution in [3.05, 3.63) is 89.2 Å². The minimum atomic E-state index is -1.52. The van der Waals surface area contributed by atoms with Gasteiger partial charge in [0.05, 0.1) is 12.2 Å². The van der Waals surface area contributed by atoms with Crippen molar-refractivity contribution < 1.29 is 57.3 Å². The average Bonchev–Trinajstić information content (AvgIpc) is 4.12. The number of benzene rings is 2. The normalized spacial score (nSPS) is 24.6. The average molecular weight is 1100 g/mol. The summed E-state index contributed by atoms with van der Waals surface area (Å²) < 4.78 is 26.0. The van der Waals surface area contributed by atoms with Crippen LogP contribution in [0.5, 0.6) is 0 Å². The van der Waals surface area contributed by atoms with Crippen LogP contribution in [0.4, 0.5) is 0 Å². The Balaban J connectivity index is 1.57. The van der Waals surface area contributed by atoms with Crippen molar-refractivity contribution in [2.45, 2.75) is 194 Å². The van der Waals surface area contributed by atoms with E-state index in [0.717, 1.165) is 38.8 Å². The Hall–Kier alpha value is -6.59. The molecule has 1 saturated carbocycles. The zero-order valence-corrected chi connectivity index (χ0v) is 49.2. The van der Waals surface area contributed by atoms with Crippen molar-refractivity contribution in [3.8, 4) is 0 Å². The summed E-state index contributed by atoms with van der Waals surface area (Å²) in [6.45, 7) is 18.1. The highest BCUT2D eigenvalue weighted by Crippen LogP contribution is 2.33. The predicted molar refractivity (Wildman–Crippen MR) is 298 cm³/mol. The Morgan fingerprint density at radius 3 is 1.18 bits per heavy atom. The molecule has 1 aliphatic carbocycles. The van der Waals surface area contributed by atoms with Gasteiger partial charge in [0.2, 0.25) is 0 Å². The Bertz CT molecular complexity index is 2520. The monoisotopic (exact) mass is 1100 g/mol. The molecule has 1 saturated heterocycles. The molecular formula is C61H88N6O12. The van der Waals surface area contributed by atoms with E-state index in [2.05, 4.69) is 6.07 Å². The van der Waals surface area contributed by atoms with E-state index in [9.17, 15) is 33.6 Å². The molecule has 0 spiro atoms. The van der Waals surface area contributed by atoms with E-state index in [4.69, 9.17) is 24.0 Å². The van der Waals surface area contributed by atoms with Crippen LogP contribution in [0.2, 0.25) is 0 Å². The fourth-order valence-electron chi connectivity index (χ4n) is 10.4. The van der Waals surface area contributed by atoms with Crippen LogP contribution in [-0.4, -0.2) is 154 Å². The lowest BCUT2D eigenvalue weighted by molar-refractivity contribution is -0.176. The second-order valence-corrected chi connectivity index (χ2v) is 23.5. The number of likely N-dealkylation sites (N-methyl/N-ethyl adjacent to an activating group) is 4. The topological polar surface area (TPSA) is 204 Å². The van der Waals surface area contributed by atoms with Crippen molar-refractivity contribution in [1.82, 2.24) is 29.4 Å². The van der Waals surface area contributed by atoms with Crippen LogP contribution in [-0.2, 0) is 76.7 Å². The van der Waals surface area contributed by atoms with Crippen molar-refractivity contribution in [2.75, 3.05) is 28.2 Å². The Morgan fingerprint density at radius 1 is 0.456 bits per heavy atom.